The summed E-state index contributed by atoms with van der Waals surface area (Å²) in [5, 5.41) is 0. The number of anilines is 1. The summed E-state index contributed by atoms with van der Waals surface area (Å²) in [6, 6.07) is 7.80. The van der Waals surface area contributed by atoms with Crippen LogP contribution in [0.15, 0.2) is 35.1 Å². The van der Waals surface area contributed by atoms with Gasteiger partial charge in [0.05, 0.1) is 19.0 Å². The number of rotatable bonds is 3. The number of hydrogen-bond donors (Lipinski definition) is 1. The number of benzene rings is 1. The van der Waals surface area contributed by atoms with E-state index in [1.54, 1.807) is 13.3 Å². The van der Waals surface area contributed by atoms with Gasteiger partial charge < -0.3 is 10.5 Å². The first-order valence-electron chi connectivity index (χ1n) is 5.09. The van der Waals surface area contributed by atoms with Crippen LogP contribution in [0.4, 0.5) is 5.82 Å². The Kier molecular flexibility index (Phi) is 3.58. The van der Waals surface area contributed by atoms with Crippen LogP contribution in [0.5, 0.6) is 5.75 Å². The van der Waals surface area contributed by atoms with Crippen molar-refractivity contribution in [2.75, 3.05) is 12.8 Å². The smallest absolute Gasteiger partial charge is 0.145 e. The third kappa shape index (κ3) is 2.94. The van der Waals surface area contributed by atoms with Crippen LogP contribution >= 0.6 is 15.9 Å². The van der Waals surface area contributed by atoms with Gasteiger partial charge in [-0.05, 0) is 33.6 Å². The first-order chi connectivity index (χ1) is 8.19. The van der Waals surface area contributed by atoms with Crippen LogP contribution in [-0.4, -0.2) is 17.1 Å². The molecule has 0 saturated heterocycles. The van der Waals surface area contributed by atoms with E-state index in [1.807, 2.05) is 24.3 Å². The summed E-state index contributed by atoms with van der Waals surface area (Å²) in [6.07, 6.45) is 2.25. The molecule has 1 heterocycles. The molecule has 4 nitrogen and oxygen atoms in total. The van der Waals surface area contributed by atoms with Crippen molar-refractivity contribution in [3.63, 3.8) is 0 Å². The highest BCUT2D eigenvalue weighted by Crippen LogP contribution is 2.17. The van der Waals surface area contributed by atoms with Gasteiger partial charge in [-0.25, -0.2) is 9.97 Å². The lowest BCUT2D eigenvalue weighted by molar-refractivity contribution is 0.414. The maximum atomic E-state index is 5.77. The van der Waals surface area contributed by atoms with Crippen molar-refractivity contribution in [1.29, 1.82) is 0 Å². The quantitative estimate of drug-likeness (QED) is 0.944. The predicted molar refractivity (Wildman–Crippen MR) is 69.9 cm³/mol. The molecule has 88 valence electrons. The number of methoxy groups -OCH3 is 1. The minimum absolute atomic E-state index is 0.462. The molecule has 2 rings (SSSR count). The molecule has 17 heavy (non-hydrogen) atoms. The first kappa shape index (κ1) is 11.9. The lowest BCUT2D eigenvalue weighted by atomic mass is 10.1. The highest BCUT2D eigenvalue weighted by molar-refractivity contribution is 9.10. The van der Waals surface area contributed by atoms with Gasteiger partial charge in [-0.1, -0.05) is 12.1 Å². The molecule has 0 atom stereocenters. The van der Waals surface area contributed by atoms with Gasteiger partial charge in [-0.15, -0.1) is 0 Å². The average Bonchev–Trinajstić information content (AvgIpc) is 2.35. The summed E-state index contributed by atoms with van der Waals surface area (Å²) >= 11 is 3.28. The topological polar surface area (TPSA) is 61.0 Å². The third-order valence-corrected chi connectivity index (χ3v) is 2.76. The summed E-state index contributed by atoms with van der Waals surface area (Å²) in [6.45, 7) is 0. The molecule has 0 aliphatic carbocycles. The van der Waals surface area contributed by atoms with Crippen LogP contribution in [0.25, 0.3) is 0 Å². The van der Waals surface area contributed by atoms with Gasteiger partial charge in [0, 0.05) is 6.42 Å². The second-order valence-corrected chi connectivity index (χ2v) is 4.36. The molecule has 0 fully saturated rings. The van der Waals surface area contributed by atoms with Crippen molar-refractivity contribution in [2.24, 2.45) is 0 Å². The molecular formula is C12H12BrN3O. The monoisotopic (exact) mass is 293 g/mol. The number of aromatic nitrogens is 2. The highest BCUT2D eigenvalue weighted by atomic mass is 79.9. The number of halogens is 1. The van der Waals surface area contributed by atoms with Crippen LogP contribution < -0.4 is 10.5 Å². The molecule has 2 N–H and O–H groups in total. The fraction of sp³-hybridized carbons (Fsp3) is 0.167. The van der Waals surface area contributed by atoms with Crippen molar-refractivity contribution < 1.29 is 4.74 Å². The Bertz CT molecular complexity index is 514. The Morgan fingerprint density at radius 1 is 1.29 bits per heavy atom. The average molecular weight is 294 g/mol. The van der Waals surface area contributed by atoms with E-state index in [-0.39, 0.29) is 0 Å². The molecule has 0 radical (unpaired) electrons. The van der Waals surface area contributed by atoms with E-state index in [0.717, 1.165) is 17.0 Å². The van der Waals surface area contributed by atoms with Gasteiger partial charge in [0.25, 0.3) is 0 Å². The van der Waals surface area contributed by atoms with Crippen molar-refractivity contribution in [3.05, 3.63) is 46.3 Å². The number of ether oxygens (including phenoxy) is 1. The molecule has 1 aromatic heterocycles. The Labute approximate surface area is 108 Å². The van der Waals surface area contributed by atoms with Crippen LogP contribution in [0, 0.1) is 0 Å². The van der Waals surface area contributed by atoms with Gasteiger partial charge in [0.15, 0.2) is 0 Å². The minimum atomic E-state index is 0.462. The highest BCUT2D eigenvalue weighted by Gasteiger charge is 2.05. The number of nitrogen functional groups attached to an aromatic ring is 1. The lowest BCUT2D eigenvalue weighted by Crippen LogP contribution is -2.02. The Hall–Kier alpha value is -1.62. The minimum Gasteiger partial charge on any atom is -0.497 e. The van der Waals surface area contributed by atoms with Gasteiger partial charge in [-0.3, -0.25) is 0 Å². The normalized spacial score (nSPS) is 10.2. The second kappa shape index (κ2) is 5.14. The van der Waals surface area contributed by atoms with E-state index in [9.17, 15) is 0 Å². The summed E-state index contributed by atoms with van der Waals surface area (Å²) < 4.78 is 5.79. The zero-order valence-corrected chi connectivity index (χ0v) is 10.9. The standard InChI is InChI=1S/C12H12BrN3O/c1-17-9-4-2-8(3-5-9)6-10-12(14)15-7-11(13)16-10/h2-5,7H,6H2,1H3,(H2,14,15). The molecule has 0 amide bonds. The summed E-state index contributed by atoms with van der Waals surface area (Å²) in [5.74, 6) is 1.30. The summed E-state index contributed by atoms with van der Waals surface area (Å²) in [4.78, 5) is 8.36. The fourth-order valence-corrected chi connectivity index (χ4v) is 1.80. The maximum absolute atomic E-state index is 5.77. The van der Waals surface area contributed by atoms with E-state index >= 15 is 0 Å². The summed E-state index contributed by atoms with van der Waals surface area (Å²) in [7, 11) is 1.65. The number of nitrogens with two attached hydrogens (primary N) is 1. The Balaban J connectivity index is 2.22. The van der Waals surface area contributed by atoms with E-state index in [0.29, 0.717) is 16.8 Å². The molecule has 1 aromatic carbocycles. The van der Waals surface area contributed by atoms with Gasteiger partial charge in [0.2, 0.25) is 0 Å². The zero-order valence-electron chi connectivity index (χ0n) is 9.35. The first-order valence-corrected chi connectivity index (χ1v) is 5.88. The zero-order chi connectivity index (χ0) is 12.3. The molecule has 0 saturated carbocycles. The van der Waals surface area contributed by atoms with Crippen LogP contribution in [0.2, 0.25) is 0 Å². The molecule has 0 aliphatic rings. The molecule has 0 aliphatic heterocycles. The number of hydrogen-bond acceptors (Lipinski definition) is 4. The molecule has 2 aromatic rings. The molecule has 5 heteroatoms. The summed E-state index contributed by atoms with van der Waals surface area (Å²) in [5.41, 5.74) is 7.66. The van der Waals surface area contributed by atoms with Crippen molar-refractivity contribution in [2.45, 2.75) is 6.42 Å². The van der Waals surface area contributed by atoms with E-state index in [2.05, 4.69) is 25.9 Å². The van der Waals surface area contributed by atoms with Crippen molar-refractivity contribution in [1.82, 2.24) is 9.97 Å². The van der Waals surface area contributed by atoms with E-state index in [4.69, 9.17) is 10.5 Å². The van der Waals surface area contributed by atoms with Gasteiger partial charge in [-0.2, -0.15) is 0 Å². The molecule has 0 bridgehead atoms. The van der Waals surface area contributed by atoms with E-state index < -0.39 is 0 Å². The number of nitrogens with zero attached hydrogens (tertiary/aromatic N) is 2. The predicted octanol–water partition coefficient (Wildman–Crippen LogP) is 2.42. The van der Waals surface area contributed by atoms with Crippen LogP contribution in [0.1, 0.15) is 11.3 Å². The van der Waals surface area contributed by atoms with Crippen LogP contribution in [-0.2, 0) is 6.42 Å². The van der Waals surface area contributed by atoms with E-state index in [1.165, 1.54) is 0 Å². The molecule has 0 spiro atoms. The fourth-order valence-electron chi connectivity index (χ4n) is 1.48. The third-order valence-electron chi connectivity index (χ3n) is 2.38. The lowest BCUT2D eigenvalue weighted by Gasteiger charge is -2.05. The SMILES string of the molecule is COc1ccc(Cc2nc(Br)cnc2N)cc1. The van der Waals surface area contributed by atoms with Crippen molar-refractivity contribution in [3.8, 4) is 5.75 Å². The second-order valence-electron chi connectivity index (χ2n) is 3.55. The van der Waals surface area contributed by atoms with Gasteiger partial charge >= 0.3 is 0 Å². The van der Waals surface area contributed by atoms with Crippen molar-refractivity contribution >= 4 is 21.7 Å². The van der Waals surface area contributed by atoms with Gasteiger partial charge in [0.1, 0.15) is 16.2 Å². The molecular weight excluding hydrogens is 282 g/mol. The Morgan fingerprint density at radius 3 is 2.65 bits per heavy atom. The molecule has 0 unspecified atom stereocenters. The Morgan fingerprint density at radius 2 is 2.00 bits per heavy atom. The van der Waals surface area contributed by atoms with Crippen LogP contribution in [0.3, 0.4) is 0 Å². The maximum Gasteiger partial charge on any atom is 0.145 e. The largest absolute Gasteiger partial charge is 0.497 e.